The van der Waals surface area contributed by atoms with E-state index in [9.17, 15) is 0 Å². The molecule has 0 bridgehead atoms. The summed E-state index contributed by atoms with van der Waals surface area (Å²) in [5, 5.41) is 8.22. The third-order valence-electron chi connectivity index (χ3n) is 4.02. The third-order valence-corrected chi connectivity index (χ3v) is 4.02. The minimum Gasteiger partial charge on any atom is -0.308 e. The molecule has 1 N–H and O–H groups in total. The maximum atomic E-state index is 4.67. The zero-order chi connectivity index (χ0) is 11.0. The van der Waals surface area contributed by atoms with Gasteiger partial charge in [-0.1, -0.05) is 19.8 Å². The number of aromatic nitrogens is 2. The molecule has 3 nitrogen and oxygen atoms in total. The van der Waals surface area contributed by atoms with E-state index in [4.69, 9.17) is 0 Å². The Bertz CT molecular complexity index is 352. The standard InChI is InChI=1S/C13H21N3/c1-10-8-13(10)14-9-11-6-7-16(15-11)12-4-2-3-5-12/h6-7,10,12-14H,2-5,8-9H2,1H3. The van der Waals surface area contributed by atoms with Crippen LogP contribution < -0.4 is 5.32 Å². The molecule has 0 amide bonds. The summed E-state index contributed by atoms with van der Waals surface area (Å²) >= 11 is 0. The number of hydrogen-bond acceptors (Lipinski definition) is 2. The van der Waals surface area contributed by atoms with E-state index in [0.717, 1.165) is 18.5 Å². The van der Waals surface area contributed by atoms with Crippen molar-refractivity contribution >= 4 is 0 Å². The summed E-state index contributed by atoms with van der Waals surface area (Å²) in [5.41, 5.74) is 1.20. The first kappa shape index (κ1) is 10.3. The Labute approximate surface area is 97.2 Å². The van der Waals surface area contributed by atoms with Crippen LogP contribution in [0.25, 0.3) is 0 Å². The van der Waals surface area contributed by atoms with E-state index in [1.807, 2.05) is 0 Å². The van der Waals surface area contributed by atoms with E-state index >= 15 is 0 Å². The molecule has 0 saturated heterocycles. The van der Waals surface area contributed by atoms with E-state index in [0.29, 0.717) is 6.04 Å². The quantitative estimate of drug-likeness (QED) is 0.843. The van der Waals surface area contributed by atoms with Crippen LogP contribution in [-0.2, 0) is 6.54 Å². The Morgan fingerprint density at radius 1 is 1.44 bits per heavy atom. The highest BCUT2D eigenvalue weighted by Gasteiger charge is 2.31. The molecule has 3 heteroatoms. The third kappa shape index (κ3) is 2.14. The highest BCUT2D eigenvalue weighted by atomic mass is 15.3. The van der Waals surface area contributed by atoms with Gasteiger partial charge in [0, 0.05) is 18.8 Å². The van der Waals surface area contributed by atoms with Crippen LogP contribution in [0.1, 0.15) is 50.8 Å². The Morgan fingerprint density at radius 3 is 2.88 bits per heavy atom. The van der Waals surface area contributed by atoms with Gasteiger partial charge in [0.2, 0.25) is 0 Å². The van der Waals surface area contributed by atoms with Crippen molar-refractivity contribution in [3.63, 3.8) is 0 Å². The maximum Gasteiger partial charge on any atom is 0.0762 e. The van der Waals surface area contributed by atoms with Gasteiger partial charge in [-0.25, -0.2) is 0 Å². The second-order valence-electron chi connectivity index (χ2n) is 5.43. The Balaban J connectivity index is 1.55. The zero-order valence-electron chi connectivity index (χ0n) is 10.0. The number of nitrogens with zero attached hydrogens (tertiary/aromatic N) is 2. The highest BCUT2D eigenvalue weighted by molar-refractivity contribution is 5.02. The van der Waals surface area contributed by atoms with Crippen LogP contribution in [0.2, 0.25) is 0 Å². The number of rotatable bonds is 4. The van der Waals surface area contributed by atoms with Gasteiger partial charge in [0.1, 0.15) is 0 Å². The Morgan fingerprint density at radius 2 is 2.19 bits per heavy atom. The van der Waals surface area contributed by atoms with E-state index in [2.05, 4.69) is 34.3 Å². The minimum absolute atomic E-state index is 0.675. The number of hydrogen-bond donors (Lipinski definition) is 1. The second-order valence-corrected chi connectivity index (χ2v) is 5.43. The maximum absolute atomic E-state index is 4.67. The van der Waals surface area contributed by atoms with Crippen molar-refractivity contribution in [2.75, 3.05) is 0 Å². The summed E-state index contributed by atoms with van der Waals surface area (Å²) < 4.78 is 2.18. The SMILES string of the molecule is CC1CC1NCc1ccn(C2CCCC2)n1. The molecule has 0 radical (unpaired) electrons. The molecule has 3 rings (SSSR count). The molecule has 88 valence electrons. The van der Waals surface area contributed by atoms with E-state index in [1.165, 1.54) is 37.8 Å². The minimum atomic E-state index is 0.675. The van der Waals surface area contributed by atoms with Crippen molar-refractivity contribution in [2.45, 2.75) is 57.7 Å². The van der Waals surface area contributed by atoms with Crippen molar-refractivity contribution < 1.29 is 0 Å². The smallest absolute Gasteiger partial charge is 0.0762 e. The van der Waals surface area contributed by atoms with Crippen molar-refractivity contribution in [3.05, 3.63) is 18.0 Å². The van der Waals surface area contributed by atoms with Gasteiger partial charge in [-0.15, -0.1) is 0 Å². The fraction of sp³-hybridized carbons (Fsp3) is 0.769. The van der Waals surface area contributed by atoms with Gasteiger partial charge in [-0.05, 0) is 31.2 Å². The molecule has 2 aliphatic rings. The Hall–Kier alpha value is -0.830. The Kier molecular flexibility index (Phi) is 2.72. The highest BCUT2D eigenvalue weighted by Crippen LogP contribution is 2.30. The predicted molar refractivity (Wildman–Crippen MR) is 64.1 cm³/mol. The fourth-order valence-corrected chi connectivity index (χ4v) is 2.69. The molecule has 0 aliphatic heterocycles. The van der Waals surface area contributed by atoms with Gasteiger partial charge in [-0.3, -0.25) is 4.68 Å². The predicted octanol–water partition coefficient (Wildman–Crippen LogP) is 2.50. The van der Waals surface area contributed by atoms with Gasteiger partial charge < -0.3 is 5.32 Å². The van der Waals surface area contributed by atoms with Crippen LogP contribution in [0.5, 0.6) is 0 Å². The summed E-state index contributed by atoms with van der Waals surface area (Å²) in [6.07, 6.45) is 8.87. The van der Waals surface area contributed by atoms with Gasteiger partial charge in [0.05, 0.1) is 11.7 Å². The van der Waals surface area contributed by atoms with Crippen LogP contribution in [0, 0.1) is 5.92 Å². The van der Waals surface area contributed by atoms with Gasteiger partial charge in [-0.2, -0.15) is 5.10 Å². The summed E-state index contributed by atoms with van der Waals surface area (Å²) in [4.78, 5) is 0. The lowest BCUT2D eigenvalue weighted by molar-refractivity contribution is 0.460. The molecule has 2 aliphatic carbocycles. The van der Waals surface area contributed by atoms with Crippen molar-refractivity contribution in [1.82, 2.24) is 15.1 Å². The lowest BCUT2D eigenvalue weighted by atomic mass is 10.3. The van der Waals surface area contributed by atoms with Crippen LogP contribution in [0.4, 0.5) is 0 Å². The molecule has 2 saturated carbocycles. The molecule has 16 heavy (non-hydrogen) atoms. The van der Waals surface area contributed by atoms with E-state index in [-0.39, 0.29) is 0 Å². The lowest BCUT2D eigenvalue weighted by Crippen LogP contribution is -2.17. The molecule has 2 unspecified atom stereocenters. The van der Waals surface area contributed by atoms with Crippen molar-refractivity contribution in [3.8, 4) is 0 Å². The normalized spacial score (nSPS) is 29.8. The zero-order valence-corrected chi connectivity index (χ0v) is 10.0. The number of nitrogens with one attached hydrogen (secondary N) is 1. The molecule has 2 atom stereocenters. The van der Waals surface area contributed by atoms with Crippen molar-refractivity contribution in [2.24, 2.45) is 5.92 Å². The molecule has 0 spiro atoms. The largest absolute Gasteiger partial charge is 0.308 e. The average molecular weight is 219 g/mol. The first-order valence-corrected chi connectivity index (χ1v) is 6.60. The molecule has 1 aromatic rings. The molecule has 1 aromatic heterocycles. The lowest BCUT2D eigenvalue weighted by Gasteiger charge is -2.08. The first-order valence-electron chi connectivity index (χ1n) is 6.60. The van der Waals surface area contributed by atoms with Gasteiger partial charge in [0.25, 0.3) is 0 Å². The summed E-state index contributed by atoms with van der Waals surface area (Å²) in [6, 6.07) is 3.59. The van der Waals surface area contributed by atoms with Crippen LogP contribution >= 0.6 is 0 Å². The molecular weight excluding hydrogens is 198 g/mol. The summed E-state index contributed by atoms with van der Waals surface area (Å²) in [5.74, 6) is 0.872. The van der Waals surface area contributed by atoms with E-state index < -0.39 is 0 Å². The van der Waals surface area contributed by atoms with Crippen LogP contribution in [-0.4, -0.2) is 15.8 Å². The monoisotopic (exact) mass is 219 g/mol. The van der Waals surface area contributed by atoms with Crippen LogP contribution in [0.15, 0.2) is 12.3 Å². The molecule has 2 fully saturated rings. The first-order chi connectivity index (χ1) is 7.83. The van der Waals surface area contributed by atoms with Gasteiger partial charge >= 0.3 is 0 Å². The molecule has 0 aromatic carbocycles. The van der Waals surface area contributed by atoms with Crippen LogP contribution in [0.3, 0.4) is 0 Å². The second kappa shape index (κ2) is 4.21. The summed E-state index contributed by atoms with van der Waals surface area (Å²) in [6.45, 7) is 3.24. The fourth-order valence-electron chi connectivity index (χ4n) is 2.69. The van der Waals surface area contributed by atoms with Gasteiger partial charge in [0.15, 0.2) is 0 Å². The van der Waals surface area contributed by atoms with E-state index in [1.54, 1.807) is 0 Å². The summed E-state index contributed by atoms with van der Waals surface area (Å²) in [7, 11) is 0. The molecule has 1 heterocycles. The topological polar surface area (TPSA) is 29.9 Å². The van der Waals surface area contributed by atoms with Crippen molar-refractivity contribution in [1.29, 1.82) is 0 Å². The average Bonchev–Trinajstić information content (AvgIpc) is 2.82. The molecular formula is C13H21N3.